The summed E-state index contributed by atoms with van der Waals surface area (Å²) in [6.45, 7) is 3.81. The molecule has 0 aliphatic carbocycles. The van der Waals surface area contributed by atoms with Gasteiger partial charge in [-0.05, 0) is 32.0 Å². The van der Waals surface area contributed by atoms with Crippen LogP contribution < -0.4 is 16.2 Å². The lowest BCUT2D eigenvalue weighted by Gasteiger charge is -2.16. The number of anilines is 2. The maximum atomic E-state index is 11.6. The number of hydrogen-bond acceptors (Lipinski definition) is 6. The van der Waals surface area contributed by atoms with E-state index in [0.29, 0.717) is 11.4 Å². The highest BCUT2D eigenvalue weighted by molar-refractivity contribution is 7.89. The SMILES string of the molecule is Cc1csc(C(C)Nc2ccc(N)cc2S(N)(=O)=O)n1. The molecule has 0 bridgehead atoms. The highest BCUT2D eigenvalue weighted by Crippen LogP contribution is 2.28. The van der Waals surface area contributed by atoms with Crippen molar-refractivity contribution in [1.29, 1.82) is 0 Å². The summed E-state index contributed by atoms with van der Waals surface area (Å²) < 4.78 is 23.2. The molecule has 0 amide bonds. The number of nitrogens with zero attached hydrogens (tertiary/aromatic N) is 1. The Bertz CT molecular complexity index is 725. The first-order chi connectivity index (χ1) is 9.27. The number of hydrogen-bond donors (Lipinski definition) is 3. The first-order valence-electron chi connectivity index (χ1n) is 5.88. The largest absolute Gasteiger partial charge is 0.399 e. The molecule has 6 nitrogen and oxygen atoms in total. The van der Waals surface area contributed by atoms with Crippen LogP contribution in [0.3, 0.4) is 0 Å². The van der Waals surface area contributed by atoms with Crippen molar-refractivity contribution in [2.75, 3.05) is 11.1 Å². The van der Waals surface area contributed by atoms with Crippen LogP contribution in [0.4, 0.5) is 11.4 Å². The molecule has 0 aliphatic heterocycles. The van der Waals surface area contributed by atoms with E-state index in [1.807, 2.05) is 19.2 Å². The molecule has 0 saturated heterocycles. The monoisotopic (exact) mass is 312 g/mol. The summed E-state index contributed by atoms with van der Waals surface area (Å²) in [5.74, 6) is 0. The fraction of sp³-hybridized carbons (Fsp3) is 0.250. The van der Waals surface area contributed by atoms with Crippen molar-refractivity contribution in [3.05, 3.63) is 34.3 Å². The van der Waals surface area contributed by atoms with Gasteiger partial charge >= 0.3 is 0 Å². The molecule has 0 saturated carbocycles. The molecule has 0 radical (unpaired) electrons. The number of nitrogen functional groups attached to an aromatic ring is 1. The van der Waals surface area contributed by atoms with Gasteiger partial charge < -0.3 is 11.1 Å². The van der Waals surface area contributed by atoms with E-state index in [2.05, 4.69) is 10.3 Å². The third-order valence-electron chi connectivity index (χ3n) is 2.69. The summed E-state index contributed by atoms with van der Waals surface area (Å²) >= 11 is 1.51. The van der Waals surface area contributed by atoms with Crippen molar-refractivity contribution in [2.45, 2.75) is 24.8 Å². The van der Waals surface area contributed by atoms with Crippen molar-refractivity contribution in [3.8, 4) is 0 Å². The summed E-state index contributed by atoms with van der Waals surface area (Å²) in [7, 11) is -3.84. The summed E-state index contributed by atoms with van der Waals surface area (Å²) in [4.78, 5) is 4.35. The number of nitrogens with one attached hydrogen (secondary N) is 1. The minimum atomic E-state index is -3.84. The summed E-state index contributed by atoms with van der Waals surface area (Å²) in [6, 6.07) is 4.44. The van der Waals surface area contributed by atoms with E-state index in [-0.39, 0.29) is 10.9 Å². The number of benzene rings is 1. The molecular weight excluding hydrogens is 296 g/mol. The summed E-state index contributed by atoms with van der Waals surface area (Å²) in [5, 5.41) is 11.1. The average molecular weight is 312 g/mol. The van der Waals surface area contributed by atoms with Crippen LogP contribution in [0.25, 0.3) is 0 Å². The molecule has 0 fully saturated rings. The van der Waals surface area contributed by atoms with Gasteiger partial charge in [0.15, 0.2) is 0 Å². The number of aryl methyl sites for hydroxylation is 1. The van der Waals surface area contributed by atoms with E-state index in [1.165, 1.54) is 17.4 Å². The maximum absolute atomic E-state index is 11.6. The second kappa shape index (κ2) is 5.39. The third kappa shape index (κ3) is 3.27. The molecule has 1 aromatic carbocycles. The van der Waals surface area contributed by atoms with E-state index in [4.69, 9.17) is 10.9 Å². The van der Waals surface area contributed by atoms with Gasteiger partial charge in [-0.25, -0.2) is 18.5 Å². The van der Waals surface area contributed by atoms with Crippen LogP contribution in [-0.2, 0) is 10.0 Å². The molecule has 1 atom stereocenters. The van der Waals surface area contributed by atoms with Gasteiger partial charge in [0.1, 0.15) is 9.90 Å². The first-order valence-corrected chi connectivity index (χ1v) is 8.31. The fourth-order valence-corrected chi connectivity index (χ4v) is 3.30. The molecule has 1 aromatic heterocycles. The van der Waals surface area contributed by atoms with Crippen LogP contribution >= 0.6 is 11.3 Å². The van der Waals surface area contributed by atoms with Crippen LogP contribution in [0.2, 0.25) is 0 Å². The van der Waals surface area contributed by atoms with E-state index in [1.54, 1.807) is 12.1 Å². The minimum Gasteiger partial charge on any atom is -0.399 e. The van der Waals surface area contributed by atoms with Gasteiger partial charge in [-0.1, -0.05) is 0 Å². The Labute approximate surface area is 121 Å². The molecule has 1 heterocycles. The van der Waals surface area contributed by atoms with E-state index < -0.39 is 10.0 Å². The van der Waals surface area contributed by atoms with Crippen molar-refractivity contribution in [3.63, 3.8) is 0 Å². The van der Waals surface area contributed by atoms with Gasteiger partial charge in [0, 0.05) is 16.8 Å². The highest BCUT2D eigenvalue weighted by atomic mass is 32.2. The molecule has 5 N–H and O–H groups in total. The Kier molecular flexibility index (Phi) is 3.98. The Morgan fingerprint density at radius 1 is 1.40 bits per heavy atom. The zero-order valence-electron chi connectivity index (χ0n) is 11.1. The molecule has 108 valence electrons. The van der Waals surface area contributed by atoms with Gasteiger partial charge in [-0.3, -0.25) is 0 Å². The molecule has 2 aromatic rings. The number of rotatable bonds is 4. The lowest BCUT2D eigenvalue weighted by molar-refractivity contribution is 0.598. The van der Waals surface area contributed by atoms with E-state index >= 15 is 0 Å². The molecule has 8 heteroatoms. The summed E-state index contributed by atoms with van der Waals surface area (Å²) in [5.41, 5.74) is 7.31. The second-order valence-electron chi connectivity index (χ2n) is 4.49. The normalized spacial score (nSPS) is 13.2. The molecule has 0 aliphatic rings. The zero-order chi connectivity index (χ0) is 14.9. The quantitative estimate of drug-likeness (QED) is 0.746. The minimum absolute atomic E-state index is 0.0161. The van der Waals surface area contributed by atoms with Crippen molar-refractivity contribution in [2.24, 2.45) is 5.14 Å². The number of primary sulfonamides is 1. The van der Waals surface area contributed by atoms with Gasteiger partial charge in [-0.2, -0.15) is 0 Å². The Hall–Kier alpha value is -1.64. The molecule has 2 rings (SSSR count). The molecule has 20 heavy (non-hydrogen) atoms. The van der Waals surface area contributed by atoms with Crippen LogP contribution in [0.5, 0.6) is 0 Å². The van der Waals surface area contributed by atoms with Gasteiger partial charge in [-0.15, -0.1) is 11.3 Å². The van der Waals surface area contributed by atoms with Crippen LogP contribution in [0, 0.1) is 6.92 Å². The van der Waals surface area contributed by atoms with E-state index in [0.717, 1.165) is 10.7 Å². The Morgan fingerprint density at radius 2 is 2.10 bits per heavy atom. The van der Waals surface area contributed by atoms with Gasteiger partial charge in [0.2, 0.25) is 10.0 Å². The molecular formula is C12H16N4O2S2. The smallest absolute Gasteiger partial charge is 0.240 e. The Balaban J connectivity index is 2.34. The number of aromatic nitrogens is 1. The standard InChI is InChI=1S/C12H16N4O2S2/c1-7-6-19-12(15-7)8(2)16-10-4-3-9(13)5-11(10)20(14,17)18/h3-6,8,16H,13H2,1-2H3,(H2,14,17,18). The third-order valence-corrected chi connectivity index (χ3v) is 4.79. The van der Waals surface area contributed by atoms with Crippen molar-refractivity contribution in [1.82, 2.24) is 4.98 Å². The van der Waals surface area contributed by atoms with Crippen LogP contribution in [-0.4, -0.2) is 13.4 Å². The molecule has 0 spiro atoms. The predicted octanol–water partition coefficient (Wildman–Crippen LogP) is 1.85. The number of nitrogens with two attached hydrogens (primary N) is 2. The second-order valence-corrected chi connectivity index (χ2v) is 6.91. The van der Waals surface area contributed by atoms with Crippen molar-refractivity contribution >= 4 is 32.7 Å². The van der Waals surface area contributed by atoms with Gasteiger partial charge in [0.25, 0.3) is 0 Å². The Morgan fingerprint density at radius 3 is 2.65 bits per heavy atom. The fourth-order valence-electron chi connectivity index (χ4n) is 1.76. The lowest BCUT2D eigenvalue weighted by atomic mass is 10.2. The highest BCUT2D eigenvalue weighted by Gasteiger charge is 2.17. The van der Waals surface area contributed by atoms with Gasteiger partial charge in [0.05, 0.1) is 11.7 Å². The number of thiazole rings is 1. The summed E-state index contributed by atoms with van der Waals surface area (Å²) in [6.07, 6.45) is 0. The molecule has 1 unspecified atom stereocenters. The first kappa shape index (κ1) is 14.8. The van der Waals surface area contributed by atoms with E-state index in [9.17, 15) is 8.42 Å². The van der Waals surface area contributed by atoms with Crippen LogP contribution in [0.15, 0.2) is 28.5 Å². The lowest BCUT2D eigenvalue weighted by Crippen LogP contribution is -2.16. The maximum Gasteiger partial charge on any atom is 0.240 e. The average Bonchev–Trinajstić information content (AvgIpc) is 2.77. The van der Waals surface area contributed by atoms with Crippen LogP contribution in [0.1, 0.15) is 23.7 Å². The predicted molar refractivity (Wildman–Crippen MR) is 81.1 cm³/mol. The topological polar surface area (TPSA) is 111 Å². The zero-order valence-corrected chi connectivity index (χ0v) is 12.8. The number of sulfonamides is 1. The van der Waals surface area contributed by atoms with Crippen molar-refractivity contribution < 1.29 is 8.42 Å².